The maximum absolute atomic E-state index is 5.45. The van der Waals surface area contributed by atoms with Crippen molar-refractivity contribution < 1.29 is 4.74 Å². The first-order valence-corrected chi connectivity index (χ1v) is 11.3. The van der Waals surface area contributed by atoms with Gasteiger partial charge in [0.15, 0.2) is 11.6 Å². The molecule has 0 radical (unpaired) electrons. The van der Waals surface area contributed by atoms with Crippen molar-refractivity contribution in [3.05, 3.63) is 78.8 Å². The Balaban J connectivity index is 1.26. The van der Waals surface area contributed by atoms with Crippen molar-refractivity contribution in [2.45, 2.75) is 6.54 Å². The number of aromatic amines is 1. The number of anilines is 3. The van der Waals surface area contributed by atoms with E-state index >= 15 is 0 Å². The number of fused-ring (bicyclic) bond motifs is 1. The van der Waals surface area contributed by atoms with E-state index in [1.165, 1.54) is 11.3 Å². The van der Waals surface area contributed by atoms with Crippen LogP contribution in [0.4, 0.5) is 17.2 Å². The Bertz CT molecular complexity index is 1390. The molecule has 0 unspecified atom stereocenters. The number of morpholine rings is 1. The Labute approximate surface area is 196 Å². The molecule has 0 atom stereocenters. The number of H-pyrrole nitrogens is 1. The second-order valence-corrected chi connectivity index (χ2v) is 8.21. The summed E-state index contributed by atoms with van der Waals surface area (Å²) >= 11 is 0. The highest BCUT2D eigenvalue weighted by atomic mass is 16.5. The van der Waals surface area contributed by atoms with E-state index in [1.54, 1.807) is 12.4 Å². The molecule has 0 bridgehead atoms. The van der Waals surface area contributed by atoms with Crippen LogP contribution in [0.2, 0.25) is 0 Å². The molecule has 2 N–H and O–H groups in total. The van der Waals surface area contributed by atoms with Gasteiger partial charge in [0, 0.05) is 30.7 Å². The molecular formula is C25H24N8O. The average Bonchev–Trinajstić information content (AvgIpc) is 3.56. The van der Waals surface area contributed by atoms with Crippen LogP contribution < -0.4 is 10.2 Å². The number of rotatable bonds is 6. The Morgan fingerprint density at radius 3 is 2.59 bits per heavy atom. The number of hydrogen-bond acceptors (Lipinski definition) is 7. The summed E-state index contributed by atoms with van der Waals surface area (Å²) in [6, 6.07) is 18.6. The maximum Gasteiger partial charge on any atom is 0.165 e. The number of aromatic nitrogens is 6. The van der Waals surface area contributed by atoms with Crippen LogP contribution >= 0.6 is 0 Å². The molecule has 0 amide bonds. The Kier molecular flexibility index (Phi) is 5.36. The fourth-order valence-electron chi connectivity index (χ4n) is 4.11. The van der Waals surface area contributed by atoms with Gasteiger partial charge >= 0.3 is 0 Å². The monoisotopic (exact) mass is 452 g/mol. The Morgan fingerprint density at radius 2 is 1.76 bits per heavy atom. The zero-order valence-corrected chi connectivity index (χ0v) is 18.6. The van der Waals surface area contributed by atoms with Gasteiger partial charge in [0.2, 0.25) is 0 Å². The van der Waals surface area contributed by atoms with Crippen molar-refractivity contribution >= 4 is 28.2 Å². The highest BCUT2D eigenvalue weighted by molar-refractivity contribution is 5.88. The lowest BCUT2D eigenvalue weighted by Crippen LogP contribution is -2.36. The van der Waals surface area contributed by atoms with Crippen molar-refractivity contribution in [1.82, 2.24) is 29.9 Å². The molecule has 1 saturated heterocycles. The van der Waals surface area contributed by atoms with E-state index in [9.17, 15) is 0 Å². The lowest BCUT2D eigenvalue weighted by atomic mass is 10.2. The molecule has 9 nitrogen and oxygen atoms in total. The molecule has 3 aromatic heterocycles. The maximum atomic E-state index is 5.45. The number of nitrogens with one attached hydrogen (secondary N) is 2. The number of hydrogen-bond donors (Lipinski definition) is 2. The first kappa shape index (κ1) is 20.4. The molecule has 170 valence electrons. The smallest absolute Gasteiger partial charge is 0.165 e. The second-order valence-electron chi connectivity index (χ2n) is 8.21. The summed E-state index contributed by atoms with van der Waals surface area (Å²) in [6.45, 7) is 4.05. The van der Waals surface area contributed by atoms with E-state index < -0.39 is 0 Å². The van der Waals surface area contributed by atoms with E-state index in [2.05, 4.69) is 66.9 Å². The van der Waals surface area contributed by atoms with Gasteiger partial charge in [-0.15, -0.1) is 0 Å². The lowest BCUT2D eigenvalue weighted by molar-refractivity contribution is 0.122. The van der Waals surface area contributed by atoms with Gasteiger partial charge in [-0.3, -0.25) is 9.78 Å². The van der Waals surface area contributed by atoms with Gasteiger partial charge in [-0.1, -0.05) is 30.3 Å². The van der Waals surface area contributed by atoms with Crippen LogP contribution in [0.25, 0.3) is 22.4 Å². The molecule has 5 aromatic rings. The van der Waals surface area contributed by atoms with Crippen LogP contribution in [0.3, 0.4) is 0 Å². The second kappa shape index (κ2) is 8.95. The van der Waals surface area contributed by atoms with Crippen molar-refractivity contribution in [2.24, 2.45) is 0 Å². The van der Waals surface area contributed by atoms with Gasteiger partial charge in [-0.2, -0.15) is 10.2 Å². The van der Waals surface area contributed by atoms with Gasteiger partial charge in [0.25, 0.3) is 0 Å². The minimum absolute atomic E-state index is 0.598. The standard InChI is InChI=1S/C25H24N8O/c1-2-4-18(5-3-1)16-33-17-19(14-27-33)24-29-22-15-26-31-23(22)25(30-24)28-20-6-8-21(9-7-20)32-10-12-34-13-11-32/h1-9,14-15,17H,10-13,16H2,(H,26,31)(H,28,29,30). The molecule has 34 heavy (non-hydrogen) atoms. The number of nitrogens with zero attached hydrogens (tertiary/aromatic N) is 6. The quantitative estimate of drug-likeness (QED) is 0.404. The molecular weight excluding hydrogens is 428 g/mol. The molecule has 6 rings (SSSR count). The average molecular weight is 453 g/mol. The van der Waals surface area contributed by atoms with E-state index in [-0.39, 0.29) is 0 Å². The van der Waals surface area contributed by atoms with Gasteiger partial charge in [-0.05, 0) is 29.8 Å². The number of ether oxygens (including phenoxy) is 1. The molecule has 1 aliphatic heterocycles. The third kappa shape index (κ3) is 4.20. The zero-order chi connectivity index (χ0) is 22.7. The molecule has 2 aromatic carbocycles. The minimum Gasteiger partial charge on any atom is -0.378 e. The first-order chi connectivity index (χ1) is 16.8. The van der Waals surface area contributed by atoms with Crippen LogP contribution in [0.15, 0.2) is 73.2 Å². The summed E-state index contributed by atoms with van der Waals surface area (Å²) in [6.07, 6.45) is 5.47. The van der Waals surface area contributed by atoms with Crippen LogP contribution in [0.5, 0.6) is 0 Å². The normalized spacial score (nSPS) is 13.9. The fraction of sp³-hybridized carbons (Fsp3) is 0.200. The molecule has 0 spiro atoms. The van der Waals surface area contributed by atoms with Gasteiger partial charge in [-0.25, -0.2) is 9.97 Å². The highest BCUT2D eigenvalue weighted by Crippen LogP contribution is 2.27. The molecule has 0 aliphatic carbocycles. The van der Waals surface area contributed by atoms with E-state index in [1.807, 2.05) is 29.1 Å². The summed E-state index contributed by atoms with van der Waals surface area (Å²) in [4.78, 5) is 11.8. The van der Waals surface area contributed by atoms with Crippen molar-refractivity contribution in [3.8, 4) is 11.4 Å². The summed E-state index contributed by atoms with van der Waals surface area (Å²) < 4.78 is 7.35. The summed E-state index contributed by atoms with van der Waals surface area (Å²) in [5.74, 6) is 1.27. The minimum atomic E-state index is 0.598. The topological polar surface area (TPSA) is 96.8 Å². The van der Waals surface area contributed by atoms with E-state index in [4.69, 9.17) is 9.72 Å². The van der Waals surface area contributed by atoms with Crippen molar-refractivity contribution in [1.29, 1.82) is 0 Å². The predicted octanol–water partition coefficient (Wildman–Crippen LogP) is 3.84. The third-order valence-corrected chi connectivity index (χ3v) is 5.89. The molecule has 1 aliphatic rings. The lowest BCUT2D eigenvalue weighted by Gasteiger charge is -2.28. The summed E-state index contributed by atoms with van der Waals surface area (Å²) in [7, 11) is 0. The first-order valence-electron chi connectivity index (χ1n) is 11.3. The summed E-state index contributed by atoms with van der Waals surface area (Å²) in [5.41, 5.74) is 5.67. The van der Waals surface area contributed by atoms with Gasteiger partial charge in [0.1, 0.15) is 11.0 Å². The molecule has 1 fully saturated rings. The molecule has 0 saturated carbocycles. The molecule has 4 heterocycles. The van der Waals surface area contributed by atoms with Crippen LogP contribution in [0, 0.1) is 0 Å². The van der Waals surface area contributed by atoms with Gasteiger partial charge < -0.3 is 15.0 Å². The van der Waals surface area contributed by atoms with Crippen LogP contribution in [-0.2, 0) is 11.3 Å². The largest absolute Gasteiger partial charge is 0.378 e. The van der Waals surface area contributed by atoms with E-state index in [0.717, 1.165) is 48.6 Å². The van der Waals surface area contributed by atoms with Crippen LogP contribution in [-0.4, -0.2) is 56.2 Å². The molecule has 9 heteroatoms. The Hall–Kier alpha value is -4.24. The summed E-state index contributed by atoms with van der Waals surface area (Å²) in [5, 5.41) is 15.1. The number of benzene rings is 2. The Morgan fingerprint density at radius 1 is 0.941 bits per heavy atom. The van der Waals surface area contributed by atoms with Gasteiger partial charge in [0.05, 0.1) is 37.7 Å². The fourth-order valence-corrected chi connectivity index (χ4v) is 4.11. The van der Waals surface area contributed by atoms with E-state index in [0.29, 0.717) is 18.2 Å². The van der Waals surface area contributed by atoms with Crippen LogP contribution in [0.1, 0.15) is 5.56 Å². The van der Waals surface area contributed by atoms with Crippen molar-refractivity contribution in [2.75, 3.05) is 36.5 Å². The third-order valence-electron chi connectivity index (χ3n) is 5.89. The predicted molar refractivity (Wildman–Crippen MR) is 131 cm³/mol. The SMILES string of the molecule is c1ccc(Cn2cc(-c3nc(Nc4ccc(N5CCOCC5)cc4)c4[nH]ncc4n3)cn2)cc1. The highest BCUT2D eigenvalue weighted by Gasteiger charge is 2.14. The zero-order valence-electron chi connectivity index (χ0n) is 18.6. The van der Waals surface area contributed by atoms with Crippen molar-refractivity contribution in [3.63, 3.8) is 0 Å².